The van der Waals surface area contributed by atoms with Crippen molar-refractivity contribution in [3.8, 4) is 0 Å². The van der Waals surface area contributed by atoms with Gasteiger partial charge in [0.15, 0.2) is 0 Å². The zero-order valence-electron chi connectivity index (χ0n) is 10.5. The van der Waals surface area contributed by atoms with E-state index in [-0.39, 0.29) is 5.91 Å². The molecular formula is C15H14N2O2. The van der Waals surface area contributed by atoms with Crippen LogP contribution in [0.4, 0.5) is 0 Å². The summed E-state index contributed by atoms with van der Waals surface area (Å²) in [7, 11) is 0. The summed E-state index contributed by atoms with van der Waals surface area (Å²) in [6, 6.07) is 13.5. The van der Waals surface area contributed by atoms with Gasteiger partial charge < -0.3 is 4.42 Å². The second-order valence-electron chi connectivity index (χ2n) is 3.91. The number of amides is 1. The van der Waals surface area contributed by atoms with Crippen LogP contribution in [0.3, 0.4) is 0 Å². The third-order valence-electron chi connectivity index (χ3n) is 2.35. The Morgan fingerprint density at radius 3 is 2.63 bits per heavy atom. The van der Waals surface area contributed by atoms with Gasteiger partial charge in [-0.25, -0.2) is 5.43 Å². The van der Waals surface area contributed by atoms with Gasteiger partial charge in [0.1, 0.15) is 5.76 Å². The highest BCUT2D eigenvalue weighted by molar-refractivity contribution is 6.14. The van der Waals surface area contributed by atoms with Crippen LogP contribution < -0.4 is 5.43 Å². The minimum Gasteiger partial charge on any atom is -0.464 e. The molecule has 1 amide bonds. The number of nitrogens with one attached hydrogen (secondary N) is 1. The molecular weight excluding hydrogens is 240 g/mol. The maximum atomic E-state index is 10.8. The molecule has 1 aromatic heterocycles. The molecule has 0 fully saturated rings. The van der Waals surface area contributed by atoms with Gasteiger partial charge in [-0.3, -0.25) is 4.79 Å². The Morgan fingerprint density at radius 1 is 1.21 bits per heavy atom. The predicted octanol–water partition coefficient (Wildman–Crippen LogP) is 2.94. The number of carbonyl (C=O) groups is 1. The van der Waals surface area contributed by atoms with Gasteiger partial charge in [0, 0.05) is 12.5 Å². The smallest absolute Gasteiger partial charge is 0.236 e. The standard InChI is InChI=1S/C15H14N2O2/c1-12(18)17-16-11-14(15-8-5-9-19-15)10-13-6-3-2-4-7-13/h2-11H,1H3,(H,17,18). The molecule has 2 rings (SSSR count). The van der Waals surface area contributed by atoms with Crippen molar-refractivity contribution in [3.63, 3.8) is 0 Å². The van der Waals surface area contributed by atoms with Crippen LogP contribution in [0.2, 0.25) is 0 Å². The molecule has 1 aromatic carbocycles. The summed E-state index contributed by atoms with van der Waals surface area (Å²) < 4.78 is 5.35. The van der Waals surface area contributed by atoms with Crippen LogP contribution in [-0.2, 0) is 4.79 Å². The first kappa shape index (κ1) is 12.8. The quantitative estimate of drug-likeness (QED) is 0.673. The Balaban J connectivity index is 2.27. The molecule has 0 aliphatic carbocycles. The molecule has 19 heavy (non-hydrogen) atoms. The number of rotatable bonds is 4. The third kappa shape index (κ3) is 3.96. The molecule has 0 saturated heterocycles. The number of hydrogen-bond donors (Lipinski definition) is 1. The molecule has 0 bridgehead atoms. The highest BCUT2D eigenvalue weighted by Gasteiger charge is 2.02. The lowest BCUT2D eigenvalue weighted by atomic mass is 10.1. The van der Waals surface area contributed by atoms with Gasteiger partial charge in [0.2, 0.25) is 5.91 Å². The molecule has 0 radical (unpaired) electrons. The molecule has 2 aromatic rings. The number of allylic oxidation sites excluding steroid dienone is 1. The Bertz CT molecular complexity index is 584. The molecule has 0 atom stereocenters. The van der Waals surface area contributed by atoms with Gasteiger partial charge in [0.05, 0.1) is 12.5 Å². The lowest BCUT2D eigenvalue weighted by Crippen LogP contribution is -2.12. The van der Waals surface area contributed by atoms with Gasteiger partial charge in [-0.15, -0.1) is 0 Å². The van der Waals surface area contributed by atoms with Crippen LogP contribution in [0.25, 0.3) is 11.6 Å². The fourth-order valence-electron chi connectivity index (χ4n) is 1.54. The molecule has 0 unspecified atom stereocenters. The van der Waals surface area contributed by atoms with Crippen molar-refractivity contribution in [2.24, 2.45) is 5.10 Å². The molecule has 1 heterocycles. The monoisotopic (exact) mass is 254 g/mol. The Morgan fingerprint density at radius 2 is 2.00 bits per heavy atom. The van der Waals surface area contributed by atoms with Gasteiger partial charge in [0.25, 0.3) is 0 Å². The number of benzene rings is 1. The molecule has 0 spiro atoms. The maximum absolute atomic E-state index is 10.8. The number of hydrogen-bond acceptors (Lipinski definition) is 3. The summed E-state index contributed by atoms with van der Waals surface area (Å²) in [5.74, 6) is 0.479. The summed E-state index contributed by atoms with van der Waals surface area (Å²) in [5.41, 5.74) is 4.18. The Hall–Kier alpha value is -2.62. The van der Waals surface area contributed by atoms with Crippen molar-refractivity contribution >= 4 is 23.8 Å². The highest BCUT2D eigenvalue weighted by atomic mass is 16.3. The summed E-state index contributed by atoms with van der Waals surface area (Å²) in [6.45, 7) is 1.41. The van der Waals surface area contributed by atoms with E-state index in [1.54, 1.807) is 18.5 Å². The lowest BCUT2D eigenvalue weighted by molar-refractivity contribution is -0.118. The topological polar surface area (TPSA) is 54.6 Å². The fraction of sp³-hybridized carbons (Fsp3) is 0.0667. The molecule has 0 saturated carbocycles. The summed E-state index contributed by atoms with van der Waals surface area (Å²) in [4.78, 5) is 10.8. The molecule has 4 heteroatoms. The number of carbonyl (C=O) groups excluding carboxylic acids is 1. The van der Waals surface area contributed by atoms with E-state index in [1.165, 1.54) is 6.92 Å². The maximum Gasteiger partial charge on any atom is 0.236 e. The molecule has 0 aliphatic rings. The zero-order valence-corrected chi connectivity index (χ0v) is 10.5. The number of hydrazone groups is 1. The van der Waals surface area contributed by atoms with E-state index < -0.39 is 0 Å². The van der Waals surface area contributed by atoms with Crippen molar-refractivity contribution in [2.75, 3.05) is 0 Å². The van der Waals surface area contributed by atoms with Crippen molar-refractivity contribution in [3.05, 3.63) is 60.1 Å². The SMILES string of the molecule is CC(=O)NN=CC(=Cc1ccccc1)c1ccco1. The fourth-order valence-corrected chi connectivity index (χ4v) is 1.54. The van der Waals surface area contributed by atoms with Crippen molar-refractivity contribution in [2.45, 2.75) is 6.92 Å². The lowest BCUT2D eigenvalue weighted by Gasteiger charge is -1.99. The molecule has 1 N–H and O–H groups in total. The first-order valence-electron chi connectivity index (χ1n) is 5.86. The van der Waals surface area contributed by atoms with Crippen LogP contribution in [-0.4, -0.2) is 12.1 Å². The normalized spacial score (nSPS) is 11.7. The van der Waals surface area contributed by atoms with Gasteiger partial charge in [-0.05, 0) is 23.8 Å². The van der Waals surface area contributed by atoms with Crippen LogP contribution in [0.1, 0.15) is 18.2 Å². The van der Waals surface area contributed by atoms with Crippen molar-refractivity contribution < 1.29 is 9.21 Å². The zero-order chi connectivity index (χ0) is 13.5. The summed E-state index contributed by atoms with van der Waals surface area (Å²) >= 11 is 0. The summed E-state index contributed by atoms with van der Waals surface area (Å²) in [5, 5.41) is 3.87. The van der Waals surface area contributed by atoms with Crippen LogP contribution in [0, 0.1) is 0 Å². The van der Waals surface area contributed by atoms with E-state index in [9.17, 15) is 4.79 Å². The Kier molecular flexibility index (Phi) is 4.29. The average Bonchev–Trinajstić information content (AvgIpc) is 2.92. The van der Waals surface area contributed by atoms with E-state index in [1.807, 2.05) is 42.5 Å². The third-order valence-corrected chi connectivity index (χ3v) is 2.35. The van der Waals surface area contributed by atoms with Crippen LogP contribution in [0.5, 0.6) is 0 Å². The molecule has 96 valence electrons. The molecule has 4 nitrogen and oxygen atoms in total. The minimum atomic E-state index is -0.213. The predicted molar refractivity (Wildman–Crippen MR) is 75.3 cm³/mol. The van der Waals surface area contributed by atoms with E-state index in [0.717, 1.165) is 11.1 Å². The van der Waals surface area contributed by atoms with Crippen molar-refractivity contribution in [1.29, 1.82) is 0 Å². The number of furan rings is 1. The van der Waals surface area contributed by atoms with Crippen LogP contribution in [0.15, 0.2) is 58.2 Å². The second-order valence-corrected chi connectivity index (χ2v) is 3.91. The second kappa shape index (κ2) is 6.35. The summed E-state index contributed by atoms with van der Waals surface area (Å²) in [6.07, 6.45) is 5.10. The molecule has 0 aliphatic heterocycles. The van der Waals surface area contributed by atoms with Gasteiger partial charge in [-0.2, -0.15) is 5.10 Å². The van der Waals surface area contributed by atoms with E-state index >= 15 is 0 Å². The largest absolute Gasteiger partial charge is 0.464 e. The van der Waals surface area contributed by atoms with E-state index in [0.29, 0.717) is 5.76 Å². The number of nitrogens with zero attached hydrogens (tertiary/aromatic N) is 1. The van der Waals surface area contributed by atoms with E-state index in [4.69, 9.17) is 4.42 Å². The highest BCUT2D eigenvalue weighted by Crippen LogP contribution is 2.16. The Labute approximate surface area is 111 Å². The van der Waals surface area contributed by atoms with Crippen LogP contribution >= 0.6 is 0 Å². The average molecular weight is 254 g/mol. The van der Waals surface area contributed by atoms with Gasteiger partial charge >= 0.3 is 0 Å². The first-order chi connectivity index (χ1) is 9.25. The minimum absolute atomic E-state index is 0.213. The first-order valence-corrected chi connectivity index (χ1v) is 5.86. The van der Waals surface area contributed by atoms with Gasteiger partial charge in [-0.1, -0.05) is 30.3 Å². The van der Waals surface area contributed by atoms with E-state index in [2.05, 4.69) is 10.5 Å². The van der Waals surface area contributed by atoms with Crippen molar-refractivity contribution in [1.82, 2.24) is 5.43 Å².